The van der Waals surface area contributed by atoms with Gasteiger partial charge in [-0.25, -0.2) is 13.2 Å². The number of anilines is 1. The molecular formula is C18H18F3NO6S. The van der Waals surface area contributed by atoms with Crippen LogP contribution in [-0.2, 0) is 25.7 Å². The maximum Gasteiger partial charge on any atom is 0.416 e. The first kappa shape index (κ1) is 22.5. The molecule has 158 valence electrons. The van der Waals surface area contributed by atoms with Crippen LogP contribution in [0, 0.1) is 0 Å². The van der Waals surface area contributed by atoms with Gasteiger partial charge in [-0.05, 0) is 48.5 Å². The Kier molecular flexibility index (Phi) is 6.75. The van der Waals surface area contributed by atoms with Crippen molar-refractivity contribution in [3.8, 4) is 11.5 Å². The van der Waals surface area contributed by atoms with Crippen LogP contribution in [0.4, 0.5) is 18.9 Å². The minimum absolute atomic E-state index is 0.148. The Morgan fingerprint density at radius 3 is 1.97 bits per heavy atom. The maximum atomic E-state index is 12.6. The number of benzene rings is 2. The SMILES string of the molecule is COC(=O)[C@@H](O)CN(c1ccc(Oc2ccc(C(F)(F)F)cc2)cc1)S(C)(=O)=O. The Bertz CT molecular complexity index is 943. The van der Waals surface area contributed by atoms with Crippen molar-refractivity contribution >= 4 is 21.7 Å². The highest BCUT2D eigenvalue weighted by atomic mass is 32.2. The molecule has 0 aliphatic carbocycles. The Morgan fingerprint density at radius 1 is 1.07 bits per heavy atom. The van der Waals surface area contributed by atoms with E-state index in [1.54, 1.807) is 0 Å². The summed E-state index contributed by atoms with van der Waals surface area (Å²) >= 11 is 0. The van der Waals surface area contributed by atoms with Gasteiger partial charge >= 0.3 is 12.1 Å². The Hall–Kier alpha value is -2.79. The molecule has 0 aromatic heterocycles. The molecule has 0 heterocycles. The smallest absolute Gasteiger partial charge is 0.416 e. The van der Waals surface area contributed by atoms with E-state index in [2.05, 4.69) is 4.74 Å². The molecule has 2 aromatic carbocycles. The van der Waals surface area contributed by atoms with Gasteiger partial charge in [0.25, 0.3) is 0 Å². The van der Waals surface area contributed by atoms with Crippen LogP contribution in [0.5, 0.6) is 11.5 Å². The number of halogens is 3. The van der Waals surface area contributed by atoms with Gasteiger partial charge in [-0.1, -0.05) is 0 Å². The molecule has 11 heteroatoms. The Morgan fingerprint density at radius 2 is 1.55 bits per heavy atom. The first-order chi connectivity index (χ1) is 13.4. The number of esters is 1. The third-order valence-electron chi connectivity index (χ3n) is 3.75. The molecule has 7 nitrogen and oxygen atoms in total. The molecule has 1 N–H and O–H groups in total. The topological polar surface area (TPSA) is 93.1 Å². The normalized spacial score (nSPS) is 12.9. The van der Waals surface area contributed by atoms with Crippen molar-refractivity contribution in [1.82, 2.24) is 0 Å². The molecule has 0 aliphatic rings. The number of hydrogen-bond acceptors (Lipinski definition) is 6. The molecule has 0 radical (unpaired) electrons. The largest absolute Gasteiger partial charge is 0.467 e. The first-order valence-corrected chi connectivity index (χ1v) is 9.95. The lowest BCUT2D eigenvalue weighted by atomic mass is 10.2. The molecule has 2 aromatic rings. The summed E-state index contributed by atoms with van der Waals surface area (Å²) in [4.78, 5) is 11.4. The average molecular weight is 433 g/mol. The summed E-state index contributed by atoms with van der Waals surface area (Å²) in [5.74, 6) is -0.580. The standard InChI is InChI=1S/C18H18F3NO6S/c1-27-17(24)16(23)11-22(29(2,25)26)13-5-9-15(10-6-13)28-14-7-3-12(4-8-14)18(19,20)21/h3-10,16,23H,11H2,1-2H3/t16-/m0/s1. The molecule has 0 spiro atoms. The van der Waals surface area contributed by atoms with E-state index in [1.807, 2.05) is 0 Å². The monoisotopic (exact) mass is 433 g/mol. The molecule has 0 amide bonds. The number of aliphatic hydroxyl groups is 1. The van der Waals surface area contributed by atoms with E-state index in [0.717, 1.165) is 41.9 Å². The van der Waals surface area contributed by atoms with Crippen molar-refractivity contribution in [2.24, 2.45) is 0 Å². The number of methoxy groups -OCH3 is 1. The second kappa shape index (κ2) is 8.70. The van der Waals surface area contributed by atoms with E-state index in [4.69, 9.17) is 4.74 Å². The fourth-order valence-corrected chi connectivity index (χ4v) is 3.25. The third-order valence-corrected chi connectivity index (χ3v) is 4.91. The average Bonchev–Trinajstić information content (AvgIpc) is 2.65. The summed E-state index contributed by atoms with van der Waals surface area (Å²) in [6, 6.07) is 9.60. The Labute approximate surface area is 165 Å². The van der Waals surface area contributed by atoms with Crippen LogP contribution < -0.4 is 9.04 Å². The summed E-state index contributed by atoms with van der Waals surface area (Å²) in [7, 11) is -2.77. The number of aliphatic hydroxyl groups excluding tert-OH is 1. The minimum atomic E-state index is -4.45. The summed E-state index contributed by atoms with van der Waals surface area (Å²) in [5.41, 5.74) is -0.664. The molecule has 0 unspecified atom stereocenters. The van der Waals surface area contributed by atoms with Gasteiger partial charge < -0.3 is 14.6 Å². The molecule has 2 rings (SSSR count). The Balaban J connectivity index is 2.17. The van der Waals surface area contributed by atoms with Crippen LogP contribution >= 0.6 is 0 Å². The lowest BCUT2D eigenvalue weighted by Gasteiger charge is -2.24. The van der Waals surface area contributed by atoms with Gasteiger partial charge in [-0.15, -0.1) is 0 Å². The van der Waals surface area contributed by atoms with Crippen LogP contribution in [0.3, 0.4) is 0 Å². The fraction of sp³-hybridized carbons (Fsp3) is 0.278. The number of alkyl halides is 3. The highest BCUT2D eigenvalue weighted by molar-refractivity contribution is 7.92. The fourth-order valence-electron chi connectivity index (χ4n) is 2.33. The van der Waals surface area contributed by atoms with E-state index in [1.165, 1.54) is 24.3 Å². The summed E-state index contributed by atoms with van der Waals surface area (Å²) in [6.45, 7) is -0.551. The van der Waals surface area contributed by atoms with Crippen LogP contribution in [0.2, 0.25) is 0 Å². The highest BCUT2D eigenvalue weighted by Gasteiger charge is 2.30. The van der Waals surface area contributed by atoms with Gasteiger partial charge in [0.1, 0.15) is 11.5 Å². The summed E-state index contributed by atoms with van der Waals surface area (Å²) in [6.07, 6.45) is -5.23. The third kappa shape index (κ3) is 6.09. The van der Waals surface area contributed by atoms with Gasteiger partial charge in [0, 0.05) is 0 Å². The van der Waals surface area contributed by atoms with E-state index in [0.29, 0.717) is 0 Å². The van der Waals surface area contributed by atoms with Crippen molar-refractivity contribution < 1.29 is 41.0 Å². The molecular weight excluding hydrogens is 415 g/mol. The second-order valence-corrected chi connectivity index (χ2v) is 7.86. The van der Waals surface area contributed by atoms with Gasteiger partial charge in [0.2, 0.25) is 10.0 Å². The predicted octanol–water partition coefficient (Wildman–Crippen LogP) is 2.80. The van der Waals surface area contributed by atoms with E-state index >= 15 is 0 Å². The zero-order valence-electron chi connectivity index (χ0n) is 15.4. The lowest BCUT2D eigenvalue weighted by molar-refractivity contribution is -0.149. The quantitative estimate of drug-likeness (QED) is 0.675. The second-order valence-electron chi connectivity index (χ2n) is 5.95. The summed E-state index contributed by atoms with van der Waals surface area (Å²) in [5, 5.41) is 9.76. The van der Waals surface area contributed by atoms with Crippen LogP contribution in [0.1, 0.15) is 5.56 Å². The number of sulfonamides is 1. The first-order valence-electron chi connectivity index (χ1n) is 8.10. The van der Waals surface area contributed by atoms with Crippen LogP contribution in [-0.4, -0.2) is 45.5 Å². The van der Waals surface area contributed by atoms with Gasteiger partial charge in [0.05, 0.1) is 31.2 Å². The highest BCUT2D eigenvalue weighted by Crippen LogP contribution is 2.32. The van der Waals surface area contributed by atoms with Gasteiger partial charge in [-0.3, -0.25) is 4.31 Å². The van der Waals surface area contributed by atoms with Gasteiger partial charge in [-0.2, -0.15) is 13.2 Å². The summed E-state index contributed by atoms with van der Waals surface area (Å²) < 4.78 is 72.4. The van der Waals surface area contributed by atoms with Crippen molar-refractivity contribution in [3.05, 3.63) is 54.1 Å². The molecule has 0 saturated heterocycles. The molecule has 0 bridgehead atoms. The van der Waals surface area contributed by atoms with Crippen LogP contribution in [0.15, 0.2) is 48.5 Å². The molecule has 0 aliphatic heterocycles. The van der Waals surface area contributed by atoms with E-state index in [-0.39, 0.29) is 17.2 Å². The molecule has 1 atom stereocenters. The lowest BCUT2D eigenvalue weighted by Crippen LogP contribution is -2.40. The zero-order valence-corrected chi connectivity index (χ0v) is 16.2. The number of carbonyl (C=O) groups excluding carboxylic acids is 1. The van der Waals surface area contributed by atoms with Crippen LogP contribution in [0.25, 0.3) is 0 Å². The molecule has 29 heavy (non-hydrogen) atoms. The predicted molar refractivity (Wildman–Crippen MR) is 98.2 cm³/mol. The van der Waals surface area contributed by atoms with Crippen molar-refractivity contribution in [2.45, 2.75) is 12.3 Å². The molecule has 0 fully saturated rings. The van der Waals surface area contributed by atoms with E-state index < -0.39 is 40.4 Å². The maximum absolute atomic E-state index is 12.6. The number of carbonyl (C=O) groups is 1. The number of nitrogens with zero attached hydrogens (tertiary/aromatic N) is 1. The van der Waals surface area contributed by atoms with Crippen molar-refractivity contribution in [1.29, 1.82) is 0 Å². The number of rotatable bonds is 7. The molecule has 0 saturated carbocycles. The van der Waals surface area contributed by atoms with E-state index in [9.17, 15) is 31.5 Å². The zero-order chi connectivity index (χ0) is 21.8. The minimum Gasteiger partial charge on any atom is -0.467 e. The number of hydrogen-bond donors (Lipinski definition) is 1. The van der Waals surface area contributed by atoms with Crippen molar-refractivity contribution in [2.75, 3.05) is 24.2 Å². The van der Waals surface area contributed by atoms with Gasteiger partial charge in [0.15, 0.2) is 6.10 Å². The number of ether oxygens (including phenoxy) is 2. The van der Waals surface area contributed by atoms with Crippen molar-refractivity contribution in [3.63, 3.8) is 0 Å².